The summed E-state index contributed by atoms with van der Waals surface area (Å²) in [6, 6.07) is 11.8. The molecule has 17 nitrogen and oxygen atoms in total. The highest BCUT2D eigenvalue weighted by Crippen LogP contribution is 2.32. The molecule has 1 aromatic heterocycles. The summed E-state index contributed by atoms with van der Waals surface area (Å²) in [6.07, 6.45) is 5.59. The number of amides is 6. The molecule has 0 aliphatic carbocycles. The number of piperidine rings is 2. The van der Waals surface area contributed by atoms with E-state index in [4.69, 9.17) is 4.74 Å². The van der Waals surface area contributed by atoms with Crippen molar-refractivity contribution < 1.29 is 28.7 Å². The van der Waals surface area contributed by atoms with Crippen molar-refractivity contribution in [2.45, 2.75) is 57.7 Å². The Morgan fingerprint density at radius 3 is 2.27 bits per heavy atom. The van der Waals surface area contributed by atoms with Crippen molar-refractivity contribution in [3.8, 4) is 11.8 Å². The standard InChI is InChI=1S/C42H49N11O6/c1-26-24-52(27(2)23-51(26)32-5-4-29(20-43)36(19-32)59-3)42(58)46-30-21-44-41(45-22-30)50-12-10-28(11-13-50)25-48-14-16-49(17-15-48)31-6-7-33-34(18-31)40(57)53(39(33)56)35-8-9-37(54)47-38(35)55/h4-7,18-19,21-22,26-28,35H,8-17,23-25H2,1-3H3,(H,46,58)(H,47,54,55)/t26-,27+,35?/m0/s1. The number of aromatic nitrogens is 2. The monoisotopic (exact) mass is 803 g/mol. The highest BCUT2D eigenvalue weighted by Gasteiger charge is 2.45. The molecule has 0 saturated carbocycles. The number of fused-ring (bicyclic) bond motifs is 1. The van der Waals surface area contributed by atoms with Crippen LogP contribution in [0.2, 0.25) is 0 Å². The van der Waals surface area contributed by atoms with Crippen LogP contribution in [-0.2, 0) is 9.59 Å². The number of anilines is 4. The minimum Gasteiger partial charge on any atom is -0.495 e. The molecule has 4 fully saturated rings. The maximum Gasteiger partial charge on any atom is 0.322 e. The zero-order valence-corrected chi connectivity index (χ0v) is 33.6. The van der Waals surface area contributed by atoms with Gasteiger partial charge in [0.1, 0.15) is 17.9 Å². The molecule has 8 rings (SSSR count). The largest absolute Gasteiger partial charge is 0.495 e. The van der Waals surface area contributed by atoms with Gasteiger partial charge < -0.3 is 29.7 Å². The second-order valence-corrected chi connectivity index (χ2v) is 16.1. The summed E-state index contributed by atoms with van der Waals surface area (Å²) in [5, 5.41) is 14.6. The van der Waals surface area contributed by atoms with Gasteiger partial charge in [-0.1, -0.05) is 0 Å². The molecule has 2 N–H and O–H groups in total. The fraction of sp³-hybridized carbons (Fsp3) is 0.476. The Bertz CT molecular complexity index is 2180. The number of carbonyl (C=O) groups excluding carboxylic acids is 5. The van der Waals surface area contributed by atoms with Gasteiger partial charge in [0, 0.05) is 94.8 Å². The minimum atomic E-state index is -0.978. The Balaban J connectivity index is 0.778. The normalized spacial score (nSPS) is 22.9. The van der Waals surface area contributed by atoms with Gasteiger partial charge >= 0.3 is 6.03 Å². The molecule has 0 radical (unpaired) electrons. The third-order valence-corrected chi connectivity index (χ3v) is 12.3. The zero-order valence-electron chi connectivity index (χ0n) is 33.6. The van der Waals surface area contributed by atoms with Crippen LogP contribution in [0.15, 0.2) is 48.8 Å². The van der Waals surface area contributed by atoms with E-state index >= 15 is 0 Å². The Morgan fingerprint density at radius 2 is 1.58 bits per heavy atom. The van der Waals surface area contributed by atoms with Gasteiger partial charge in [0.05, 0.1) is 41.9 Å². The molecule has 6 heterocycles. The van der Waals surface area contributed by atoms with Crippen molar-refractivity contribution in [3.63, 3.8) is 0 Å². The maximum atomic E-state index is 13.4. The Morgan fingerprint density at radius 1 is 0.864 bits per heavy atom. The number of methoxy groups -OCH3 is 1. The van der Waals surface area contributed by atoms with Crippen molar-refractivity contribution in [3.05, 3.63) is 65.5 Å². The molecule has 1 unspecified atom stereocenters. The lowest BCUT2D eigenvalue weighted by atomic mass is 9.96. The molecule has 0 bridgehead atoms. The number of ether oxygens (including phenoxy) is 1. The van der Waals surface area contributed by atoms with Gasteiger partial charge in [0.2, 0.25) is 17.8 Å². The summed E-state index contributed by atoms with van der Waals surface area (Å²) in [4.78, 5) is 85.1. The second kappa shape index (κ2) is 16.5. The van der Waals surface area contributed by atoms with Gasteiger partial charge in [-0.15, -0.1) is 0 Å². The predicted octanol–water partition coefficient (Wildman–Crippen LogP) is 2.93. The number of hydrogen-bond acceptors (Lipinski definition) is 13. The van der Waals surface area contributed by atoms with E-state index < -0.39 is 29.7 Å². The van der Waals surface area contributed by atoms with E-state index in [1.54, 1.807) is 37.7 Å². The highest BCUT2D eigenvalue weighted by atomic mass is 16.5. The van der Waals surface area contributed by atoms with E-state index in [9.17, 15) is 29.2 Å². The first kappa shape index (κ1) is 39.5. The molecule has 4 saturated heterocycles. The summed E-state index contributed by atoms with van der Waals surface area (Å²) in [5.41, 5.74) is 3.43. The van der Waals surface area contributed by atoms with Crippen molar-refractivity contribution in [2.75, 3.05) is 86.0 Å². The molecule has 3 aromatic rings. The summed E-state index contributed by atoms with van der Waals surface area (Å²) in [5.74, 6) is -0.268. The molecule has 59 heavy (non-hydrogen) atoms. The van der Waals surface area contributed by atoms with E-state index in [2.05, 4.69) is 53.2 Å². The molecule has 308 valence electrons. The topological polar surface area (TPSA) is 188 Å². The number of hydrogen-bond donors (Lipinski definition) is 2. The van der Waals surface area contributed by atoms with Crippen LogP contribution in [0.5, 0.6) is 5.75 Å². The molecule has 17 heteroatoms. The number of carbonyl (C=O) groups is 5. The third-order valence-electron chi connectivity index (χ3n) is 12.3. The average molecular weight is 804 g/mol. The van der Waals surface area contributed by atoms with Crippen molar-refractivity contribution in [2.24, 2.45) is 5.92 Å². The molecule has 5 aliphatic heterocycles. The zero-order chi connectivity index (χ0) is 41.4. The highest BCUT2D eigenvalue weighted by molar-refractivity contribution is 6.23. The van der Waals surface area contributed by atoms with E-state index in [1.165, 1.54) is 0 Å². The van der Waals surface area contributed by atoms with E-state index in [1.807, 2.05) is 30.0 Å². The van der Waals surface area contributed by atoms with Crippen LogP contribution in [0.25, 0.3) is 0 Å². The lowest BCUT2D eigenvalue weighted by Crippen LogP contribution is -2.59. The van der Waals surface area contributed by atoms with Crippen LogP contribution in [0.3, 0.4) is 0 Å². The number of imide groups is 2. The number of benzene rings is 2. The van der Waals surface area contributed by atoms with E-state index in [-0.39, 0.29) is 36.5 Å². The van der Waals surface area contributed by atoms with Gasteiger partial charge in [-0.25, -0.2) is 14.8 Å². The lowest BCUT2D eigenvalue weighted by molar-refractivity contribution is -0.136. The molecular weight excluding hydrogens is 755 g/mol. The first-order valence-corrected chi connectivity index (χ1v) is 20.3. The molecular formula is C42H49N11O6. The minimum absolute atomic E-state index is 0.0428. The van der Waals surface area contributed by atoms with Gasteiger partial charge in [-0.3, -0.25) is 34.3 Å². The van der Waals surface area contributed by atoms with Gasteiger partial charge in [0.15, 0.2) is 0 Å². The molecule has 2 aromatic carbocycles. The summed E-state index contributed by atoms with van der Waals surface area (Å²) < 4.78 is 5.41. The Kier molecular flexibility index (Phi) is 11.1. The smallest absolute Gasteiger partial charge is 0.322 e. The number of piperazine rings is 2. The Hall–Kier alpha value is -6.28. The van der Waals surface area contributed by atoms with E-state index in [0.717, 1.165) is 74.9 Å². The number of rotatable bonds is 8. The van der Waals surface area contributed by atoms with Gasteiger partial charge in [-0.05, 0) is 69.4 Å². The fourth-order valence-corrected chi connectivity index (χ4v) is 8.99. The molecule has 5 aliphatic rings. The number of nitrogens with zero attached hydrogens (tertiary/aromatic N) is 9. The summed E-state index contributed by atoms with van der Waals surface area (Å²) >= 11 is 0. The maximum absolute atomic E-state index is 13.4. The first-order chi connectivity index (χ1) is 28.5. The van der Waals surface area contributed by atoms with Crippen LogP contribution >= 0.6 is 0 Å². The predicted molar refractivity (Wildman–Crippen MR) is 218 cm³/mol. The van der Waals surface area contributed by atoms with Gasteiger partial charge in [0.25, 0.3) is 11.8 Å². The SMILES string of the molecule is COc1cc(N2C[C@@H](C)N(C(=O)Nc3cnc(N4CCC(CN5CCN(c6ccc7c(c6)C(=O)N(C6CCC(=O)NC6=O)C7=O)CC5)CC4)nc3)C[C@@H]2C)ccc1C#N. The number of nitriles is 1. The molecule has 0 spiro atoms. The quantitative estimate of drug-likeness (QED) is 0.317. The summed E-state index contributed by atoms with van der Waals surface area (Å²) in [6.45, 7) is 11.3. The van der Waals surface area contributed by atoms with Crippen LogP contribution in [-0.4, -0.2) is 138 Å². The summed E-state index contributed by atoms with van der Waals surface area (Å²) in [7, 11) is 1.56. The van der Waals surface area contributed by atoms with Crippen LogP contribution < -0.4 is 30.1 Å². The van der Waals surface area contributed by atoms with E-state index in [0.29, 0.717) is 47.5 Å². The van der Waals surface area contributed by atoms with Crippen LogP contribution in [0, 0.1) is 17.2 Å². The lowest BCUT2D eigenvalue weighted by Gasteiger charge is -2.45. The number of urea groups is 1. The van der Waals surface area contributed by atoms with Crippen molar-refractivity contribution in [1.29, 1.82) is 5.26 Å². The van der Waals surface area contributed by atoms with Crippen LogP contribution in [0.1, 0.15) is 65.8 Å². The average Bonchev–Trinajstić information content (AvgIpc) is 3.49. The van der Waals surface area contributed by atoms with Gasteiger partial charge in [-0.2, -0.15) is 5.26 Å². The molecule has 6 amide bonds. The fourth-order valence-electron chi connectivity index (χ4n) is 8.99. The van der Waals surface area contributed by atoms with Crippen molar-refractivity contribution in [1.82, 2.24) is 30.0 Å². The Labute approximate surface area is 342 Å². The second-order valence-electron chi connectivity index (χ2n) is 16.1. The van der Waals surface area contributed by atoms with Crippen LogP contribution in [0.4, 0.5) is 27.8 Å². The third kappa shape index (κ3) is 7.96. The number of nitrogens with one attached hydrogen (secondary N) is 2. The van der Waals surface area contributed by atoms with Crippen molar-refractivity contribution >= 4 is 52.7 Å². The molecule has 3 atom stereocenters. The first-order valence-electron chi connectivity index (χ1n) is 20.3.